The molecule has 1 saturated heterocycles. The highest BCUT2D eigenvalue weighted by molar-refractivity contribution is 9.09. The standard InChI is InChI=1S/C42H50BrClN4O7/c1-8-41(3,4)27-16-21-34(30(24-27)42(5,6)9-2)55-23-11-13-35(49)45-28-17-20-31(44)33(25-28)46-38(51)36(37(50)26-14-18-29(54-7)19-15-26)48-39(52)32(12-10-22-43)47-40(48)53/h12,14-21,24-25,36H,8-11,13,22-23H2,1-7H3,(H,45,49)(H,46,51)(H,47,53). The van der Waals surface area contributed by atoms with E-state index in [1.54, 1.807) is 6.07 Å². The number of imide groups is 1. The minimum Gasteiger partial charge on any atom is -0.497 e. The summed E-state index contributed by atoms with van der Waals surface area (Å²) in [5.41, 5.74) is 2.76. The monoisotopic (exact) mass is 836 g/mol. The fourth-order valence-corrected chi connectivity index (χ4v) is 6.22. The van der Waals surface area contributed by atoms with Gasteiger partial charge in [-0.1, -0.05) is 87.3 Å². The number of anilines is 2. The van der Waals surface area contributed by atoms with E-state index in [0.717, 1.165) is 24.2 Å². The molecule has 3 aromatic carbocycles. The molecule has 11 nitrogen and oxygen atoms in total. The number of benzene rings is 3. The highest BCUT2D eigenvalue weighted by Gasteiger charge is 2.46. The molecule has 1 unspecified atom stereocenters. The van der Waals surface area contributed by atoms with Gasteiger partial charge in [0.2, 0.25) is 5.91 Å². The maximum Gasteiger partial charge on any atom is 0.330 e. The lowest BCUT2D eigenvalue weighted by molar-refractivity contribution is -0.129. The van der Waals surface area contributed by atoms with Gasteiger partial charge in [-0.2, -0.15) is 0 Å². The van der Waals surface area contributed by atoms with Gasteiger partial charge in [0, 0.05) is 28.6 Å². The van der Waals surface area contributed by atoms with Crippen LogP contribution in [-0.2, 0) is 25.2 Å². The molecule has 55 heavy (non-hydrogen) atoms. The molecule has 1 heterocycles. The molecule has 3 N–H and O–H groups in total. The molecule has 0 radical (unpaired) electrons. The number of Topliss-reactive ketones (excluding diaryl/α,β-unsaturated/α-hetero) is 1. The highest BCUT2D eigenvalue weighted by Crippen LogP contribution is 2.38. The largest absolute Gasteiger partial charge is 0.497 e. The minimum absolute atomic E-state index is 0.0353. The topological polar surface area (TPSA) is 143 Å². The first-order valence-corrected chi connectivity index (χ1v) is 19.8. The number of carbonyl (C=O) groups excluding carboxylic acids is 5. The predicted molar refractivity (Wildman–Crippen MR) is 220 cm³/mol. The average molecular weight is 838 g/mol. The molecule has 294 valence electrons. The third-order valence-electron chi connectivity index (χ3n) is 10.1. The molecule has 5 amide bonds. The SMILES string of the molecule is CCC(C)(C)c1ccc(OCCCC(=O)Nc2ccc(Cl)c(NC(=O)C(C(=O)c3ccc(OC)cc3)N3C(=O)NC(=CCCBr)C3=O)c2)c(C(C)(C)CC)c1. The van der Waals surface area contributed by atoms with E-state index in [-0.39, 0.29) is 45.1 Å². The van der Waals surface area contributed by atoms with Crippen LogP contribution in [0.15, 0.2) is 72.4 Å². The first-order valence-electron chi connectivity index (χ1n) is 18.3. The second-order valence-electron chi connectivity index (χ2n) is 14.6. The summed E-state index contributed by atoms with van der Waals surface area (Å²) in [5, 5.41) is 8.49. The van der Waals surface area contributed by atoms with Gasteiger partial charge < -0.3 is 25.4 Å². The number of urea groups is 1. The zero-order valence-electron chi connectivity index (χ0n) is 32.4. The van der Waals surface area contributed by atoms with Crippen LogP contribution in [0.3, 0.4) is 0 Å². The number of hydrogen-bond donors (Lipinski definition) is 3. The van der Waals surface area contributed by atoms with Gasteiger partial charge in [-0.25, -0.2) is 9.69 Å². The second kappa shape index (κ2) is 18.8. The number of rotatable bonds is 18. The van der Waals surface area contributed by atoms with Crippen molar-refractivity contribution >= 4 is 68.4 Å². The van der Waals surface area contributed by atoms with Crippen molar-refractivity contribution < 1.29 is 33.4 Å². The van der Waals surface area contributed by atoms with E-state index >= 15 is 0 Å². The Kier molecular flexibility index (Phi) is 14.7. The molecular weight excluding hydrogens is 788 g/mol. The van der Waals surface area contributed by atoms with Crippen molar-refractivity contribution in [3.8, 4) is 11.5 Å². The molecule has 4 rings (SSSR count). The number of amides is 5. The second-order valence-corrected chi connectivity index (χ2v) is 15.8. The summed E-state index contributed by atoms with van der Waals surface area (Å²) in [6, 6.07) is 14.0. The van der Waals surface area contributed by atoms with Crippen LogP contribution in [0.5, 0.6) is 11.5 Å². The van der Waals surface area contributed by atoms with Gasteiger partial charge in [-0.15, -0.1) is 0 Å². The van der Waals surface area contributed by atoms with E-state index < -0.39 is 29.7 Å². The van der Waals surface area contributed by atoms with Crippen LogP contribution in [0.4, 0.5) is 16.2 Å². The van der Waals surface area contributed by atoms with Crippen LogP contribution in [0.2, 0.25) is 5.02 Å². The predicted octanol–water partition coefficient (Wildman–Crippen LogP) is 8.93. The Balaban J connectivity index is 1.47. The Morgan fingerprint density at radius 2 is 1.64 bits per heavy atom. The van der Waals surface area contributed by atoms with Crippen LogP contribution < -0.4 is 25.4 Å². The number of nitrogens with zero attached hydrogens (tertiary/aromatic N) is 1. The number of nitrogens with one attached hydrogen (secondary N) is 3. The smallest absolute Gasteiger partial charge is 0.330 e. The van der Waals surface area contributed by atoms with Crippen LogP contribution in [0.1, 0.15) is 95.1 Å². The van der Waals surface area contributed by atoms with E-state index in [2.05, 4.69) is 85.6 Å². The van der Waals surface area contributed by atoms with Crippen LogP contribution in [-0.4, -0.2) is 59.5 Å². The third kappa shape index (κ3) is 10.5. The van der Waals surface area contributed by atoms with Gasteiger partial charge in [-0.3, -0.25) is 19.2 Å². The first kappa shape index (κ1) is 43.1. The maximum absolute atomic E-state index is 13.9. The van der Waals surface area contributed by atoms with Crippen molar-refractivity contribution in [1.82, 2.24) is 10.2 Å². The van der Waals surface area contributed by atoms with Crippen molar-refractivity contribution in [3.63, 3.8) is 0 Å². The zero-order chi connectivity index (χ0) is 40.5. The molecule has 0 saturated carbocycles. The molecule has 1 aliphatic rings. The fourth-order valence-electron chi connectivity index (χ4n) is 5.83. The third-order valence-corrected chi connectivity index (χ3v) is 10.9. The van der Waals surface area contributed by atoms with E-state index in [4.69, 9.17) is 21.1 Å². The summed E-state index contributed by atoms with van der Waals surface area (Å²) in [7, 11) is 1.47. The lowest BCUT2D eigenvalue weighted by Gasteiger charge is -2.30. The Hall–Kier alpha value is -4.68. The van der Waals surface area contributed by atoms with Crippen LogP contribution in [0.25, 0.3) is 0 Å². The summed E-state index contributed by atoms with van der Waals surface area (Å²) in [5.74, 6) is -1.62. The lowest BCUT2D eigenvalue weighted by Crippen LogP contribution is -2.52. The molecule has 1 aliphatic heterocycles. The number of allylic oxidation sites excluding steroid dienone is 1. The number of alkyl halides is 1. The summed E-state index contributed by atoms with van der Waals surface area (Å²) < 4.78 is 11.4. The Morgan fingerprint density at radius 1 is 0.945 bits per heavy atom. The molecule has 3 aromatic rings. The molecule has 0 spiro atoms. The number of carbonyl (C=O) groups is 5. The van der Waals surface area contributed by atoms with Crippen LogP contribution in [0, 0.1) is 0 Å². The molecule has 0 aromatic heterocycles. The minimum atomic E-state index is -1.89. The Morgan fingerprint density at radius 3 is 2.27 bits per heavy atom. The van der Waals surface area contributed by atoms with Gasteiger partial charge >= 0.3 is 6.03 Å². The summed E-state index contributed by atoms with van der Waals surface area (Å²) >= 11 is 9.73. The molecule has 0 bridgehead atoms. The molecule has 1 atom stereocenters. The van der Waals surface area contributed by atoms with Crippen LogP contribution >= 0.6 is 27.5 Å². The normalized spacial score (nSPS) is 14.4. The van der Waals surface area contributed by atoms with E-state index in [0.29, 0.717) is 41.1 Å². The highest BCUT2D eigenvalue weighted by atomic mass is 79.9. The Labute approximate surface area is 336 Å². The van der Waals surface area contributed by atoms with Crippen molar-refractivity contribution in [3.05, 3.63) is 94.1 Å². The maximum atomic E-state index is 13.9. The van der Waals surface area contributed by atoms with E-state index in [1.165, 1.54) is 55.1 Å². The summed E-state index contributed by atoms with van der Waals surface area (Å²) in [6.07, 6.45) is 4.48. The lowest BCUT2D eigenvalue weighted by atomic mass is 9.76. The fraction of sp³-hybridized carbons (Fsp3) is 0.405. The van der Waals surface area contributed by atoms with E-state index in [1.807, 2.05) is 6.07 Å². The van der Waals surface area contributed by atoms with Gasteiger partial charge in [0.25, 0.3) is 11.8 Å². The van der Waals surface area contributed by atoms with E-state index in [9.17, 15) is 24.0 Å². The molecular formula is C42H50BrClN4O7. The van der Waals surface area contributed by atoms with Gasteiger partial charge in [0.05, 0.1) is 24.4 Å². The summed E-state index contributed by atoms with van der Waals surface area (Å²) in [6.45, 7) is 13.6. The van der Waals surface area contributed by atoms with Gasteiger partial charge in [0.15, 0.2) is 11.8 Å². The number of methoxy groups -OCH3 is 1. The molecule has 13 heteroatoms. The quantitative estimate of drug-likeness (QED) is 0.0290. The number of hydrogen-bond acceptors (Lipinski definition) is 7. The first-order chi connectivity index (χ1) is 26.1. The molecule has 1 fully saturated rings. The number of halogens is 2. The average Bonchev–Trinajstić information content (AvgIpc) is 3.45. The number of ketones is 1. The Bertz CT molecular complexity index is 1940. The van der Waals surface area contributed by atoms with Gasteiger partial charge in [0.1, 0.15) is 17.2 Å². The number of ether oxygens (including phenoxy) is 2. The van der Waals surface area contributed by atoms with Crippen molar-refractivity contribution in [2.75, 3.05) is 29.7 Å². The van der Waals surface area contributed by atoms with Crippen molar-refractivity contribution in [2.45, 2.75) is 90.5 Å². The molecule has 0 aliphatic carbocycles. The summed E-state index contributed by atoms with van der Waals surface area (Å²) in [4.78, 5) is 67.8. The zero-order valence-corrected chi connectivity index (χ0v) is 34.8. The van der Waals surface area contributed by atoms with Gasteiger partial charge in [-0.05, 0) is 90.6 Å². The van der Waals surface area contributed by atoms with Crippen molar-refractivity contribution in [2.24, 2.45) is 0 Å². The van der Waals surface area contributed by atoms with Crippen molar-refractivity contribution in [1.29, 1.82) is 0 Å².